The number of carbonyl (C=O) groups is 2. The van der Waals surface area contributed by atoms with Gasteiger partial charge in [-0.2, -0.15) is 0 Å². The van der Waals surface area contributed by atoms with Crippen molar-refractivity contribution in [1.29, 1.82) is 0 Å². The summed E-state index contributed by atoms with van der Waals surface area (Å²) in [6.45, 7) is 5.95. The van der Waals surface area contributed by atoms with Gasteiger partial charge in [-0.05, 0) is 56.8 Å². The lowest BCUT2D eigenvalue weighted by Crippen LogP contribution is -2.53. The fraction of sp³-hybridized carbons (Fsp3) is 0.789. The molecule has 2 N–H and O–H groups in total. The number of carbonyl (C=O) groups excluding carboxylic acids is 1. The van der Waals surface area contributed by atoms with E-state index in [1.165, 1.54) is 5.57 Å². The third-order valence-corrected chi connectivity index (χ3v) is 8.46. The molecule has 5 heteroatoms. The molecule has 0 aromatic rings. The van der Waals surface area contributed by atoms with Gasteiger partial charge < -0.3 is 14.9 Å². The second kappa shape index (κ2) is 4.06. The van der Waals surface area contributed by atoms with Gasteiger partial charge in [-0.15, -0.1) is 0 Å². The quantitative estimate of drug-likeness (QED) is 0.568. The average molecular weight is 332 g/mol. The summed E-state index contributed by atoms with van der Waals surface area (Å²) in [5.41, 5.74) is -0.953. The number of ether oxygens (including phenoxy) is 1. The second-order valence-corrected chi connectivity index (χ2v) is 9.07. The van der Waals surface area contributed by atoms with Gasteiger partial charge in [0.25, 0.3) is 0 Å². The van der Waals surface area contributed by atoms with Crippen LogP contribution in [0.15, 0.2) is 12.2 Å². The Labute approximate surface area is 141 Å². The molecule has 1 spiro atoms. The average Bonchev–Trinajstić information content (AvgIpc) is 2.98. The molecule has 24 heavy (non-hydrogen) atoms. The summed E-state index contributed by atoms with van der Waals surface area (Å²) < 4.78 is 6.01. The number of rotatable bonds is 1. The Morgan fingerprint density at radius 1 is 1.33 bits per heavy atom. The Kier molecular flexibility index (Phi) is 2.53. The summed E-state index contributed by atoms with van der Waals surface area (Å²) in [6.07, 6.45) is 3.81. The Balaban J connectivity index is 1.76. The highest BCUT2D eigenvalue weighted by Gasteiger charge is 2.83. The van der Waals surface area contributed by atoms with Crippen LogP contribution in [0.1, 0.15) is 45.4 Å². The smallest absolute Gasteiger partial charge is 0.315 e. The summed E-state index contributed by atoms with van der Waals surface area (Å²) in [7, 11) is 0. The molecule has 0 aromatic heterocycles. The molecule has 3 unspecified atom stereocenters. The molecule has 130 valence electrons. The van der Waals surface area contributed by atoms with E-state index in [4.69, 9.17) is 4.74 Å². The summed E-state index contributed by atoms with van der Waals surface area (Å²) >= 11 is 0. The minimum Gasteiger partial charge on any atom is -0.481 e. The van der Waals surface area contributed by atoms with Crippen molar-refractivity contribution in [3.8, 4) is 0 Å². The van der Waals surface area contributed by atoms with Gasteiger partial charge in [-0.3, -0.25) is 9.59 Å². The minimum absolute atomic E-state index is 0.0878. The molecule has 8 atom stereocenters. The highest BCUT2D eigenvalue weighted by atomic mass is 16.6. The van der Waals surface area contributed by atoms with E-state index in [1.54, 1.807) is 6.92 Å². The molecule has 1 aliphatic heterocycles. The molecule has 1 heterocycles. The van der Waals surface area contributed by atoms with Gasteiger partial charge in [0.1, 0.15) is 5.60 Å². The first-order chi connectivity index (χ1) is 11.3. The largest absolute Gasteiger partial charge is 0.481 e. The highest BCUT2D eigenvalue weighted by molar-refractivity contribution is 5.85. The number of hydrogen-bond donors (Lipinski definition) is 2. The molecular formula is C19H24O5. The molecule has 0 amide bonds. The zero-order chi connectivity index (χ0) is 17.1. The van der Waals surface area contributed by atoms with Crippen LogP contribution in [-0.2, 0) is 14.3 Å². The topological polar surface area (TPSA) is 83.8 Å². The van der Waals surface area contributed by atoms with Crippen molar-refractivity contribution in [3.63, 3.8) is 0 Å². The molecule has 0 radical (unpaired) electrons. The standard InChI is InChI=1S/C19H24O5/c1-9-7-18-8-10(9)3-4-11(18)19-6-5-12(20)17(2,16(23)24-19)14(19)13(18)15(21)22/h10-14,20H,1,3-8H2,2H3,(H,21,22)/t10-,11?,12+,13?,14?,17+,18+,19-/m0/s1. The molecule has 5 nitrogen and oxygen atoms in total. The van der Waals surface area contributed by atoms with Crippen LogP contribution < -0.4 is 0 Å². The maximum atomic E-state index is 12.7. The van der Waals surface area contributed by atoms with E-state index in [1.807, 2.05) is 0 Å². The van der Waals surface area contributed by atoms with E-state index in [-0.39, 0.29) is 11.3 Å². The maximum absolute atomic E-state index is 12.7. The molecule has 4 bridgehead atoms. The second-order valence-electron chi connectivity index (χ2n) is 9.07. The normalized spacial score (nSPS) is 57.5. The summed E-state index contributed by atoms with van der Waals surface area (Å²) in [5, 5.41) is 20.8. The van der Waals surface area contributed by atoms with Crippen molar-refractivity contribution in [3.05, 3.63) is 12.2 Å². The number of fused-ring (bicyclic) bond motifs is 1. The van der Waals surface area contributed by atoms with E-state index in [0.29, 0.717) is 18.8 Å². The number of aliphatic carboxylic acids is 1. The van der Waals surface area contributed by atoms with Crippen LogP contribution in [-0.4, -0.2) is 33.9 Å². The molecular weight excluding hydrogens is 308 g/mol. The van der Waals surface area contributed by atoms with Crippen LogP contribution in [0.3, 0.4) is 0 Å². The number of carboxylic acid groups (broad SMARTS) is 1. The van der Waals surface area contributed by atoms with Crippen LogP contribution in [0.25, 0.3) is 0 Å². The summed E-state index contributed by atoms with van der Waals surface area (Å²) in [4.78, 5) is 25.1. The maximum Gasteiger partial charge on any atom is 0.315 e. The molecule has 5 fully saturated rings. The van der Waals surface area contributed by atoms with Gasteiger partial charge in [0.05, 0.1) is 17.4 Å². The predicted molar refractivity (Wildman–Crippen MR) is 83.8 cm³/mol. The van der Waals surface area contributed by atoms with Crippen molar-refractivity contribution in [2.24, 2.45) is 34.5 Å². The predicted octanol–water partition coefficient (Wildman–Crippen LogP) is 2.14. The summed E-state index contributed by atoms with van der Waals surface area (Å²) in [6, 6.07) is 0. The van der Waals surface area contributed by atoms with E-state index in [0.717, 1.165) is 25.7 Å². The van der Waals surface area contributed by atoms with Gasteiger partial charge in [0, 0.05) is 11.8 Å². The third kappa shape index (κ3) is 1.29. The minimum atomic E-state index is -1.09. The van der Waals surface area contributed by atoms with Gasteiger partial charge >= 0.3 is 11.9 Å². The lowest BCUT2D eigenvalue weighted by Gasteiger charge is -2.44. The van der Waals surface area contributed by atoms with Crippen molar-refractivity contribution >= 4 is 11.9 Å². The van der Waals surface area contributed by atoms with Crippen molar-refractivity contribution in [1.82, 2.24) is 0 Å². The van der Waals surface area contributed by atoms with Crippen LogP contribution >= 0.6 is 0 Å². The molecule has 0 aromatic carbocycles. The number of hydrogen-bond acceptors (Lipinski definition) is 4. The Morgan fingerprint density at radius 2 is 2.08 bits per heavy atom. The van der Waals surface area contributed by atoms with Crippen molar-refractivity contribution < 1.29 is 24.5 Å². The van der Waals surface area contributed by atoms with E-state index in [9.17, 15) is 19.8 Å². The molecule has 4 aliphatic carbocycles. The molecule has 5 rings (SSSR count). The van der Waals surface area contributed by atoms with Crippen LogP contribution in [0.2, 0.25) is 0 Å². The number of carboxylic acids is 1. The lowest BCUT2D eigenvalue weighted by molar-refractivity contribution is -0.162. The lowest BCUT2D eigenvalue weighted by atomic mass is 9.59. The Morgan fingerprint density at radius 3 is 2.79 bits per heavy atom. The van der Waals surface area contributed by atoms with Crippen molar-refractivity contribution in [2.45, 2.75) is 57.2 Å². The first-order valence-electron chi connectivity index (χ1n) is 9.09. The Hall–Kier alpha value is -1.36. The van der Waals surface area contributed by atoms with E-state index >= 15 is 0 Å². The van der Waals surface area contributed by atoms with Crippen molar-refractivity contribution in [2.75, 3.05) is 0 Å². The monoisotopic (exact) mass is 332 g/mol. The summed E-state index contributed by atoms with van der Waals surface area (Å²) in [5.74, 6) is -1.78. The Bertz CT molecular complexity index is 685. The fourth-order valence-corrected chi connectivity index (χ4v) is 7.66. The van der Waals surface area contributed by atoms with Gasteiger partial charge in [0.15, 0.2) is 0 Å². The number of allylic oxidation sites excluding steroid dienone is 1. The number of esters is 1. The zero-order valence-corrected chi connectivity index (χ0v) is 14.0. The zero-order valence-electron chi connectivity index (χ0n) is 14.0. The highest BCUT2D eigenvalue weighted by Crippen LogP contribution is 2.77. The number of aliphatic hydroxyl groups excluding tert-OH is 1. The third-order valence-electron chi connectivity index (χ3n) is 8.46. The first-order valence-corrected chi connectivity index (χ1v) is 9.09. The fourth-order valence-electron chi connectivity index (χ4n) is 7.66. The molecule has 5 aliphatic rings. The van der Waals surface area contributed by atoms with E-state index in [2.05, 4.69) is 6.58 Å². The van der Waals surface area contributed by atoms with Crippen LogP contribution in [0.5, 0.6) is 0 Å². The van der Waals surface area contributed by atoms with Gasteiger partial charge in [-0.25, -0.2) is 0 Å². The van der Waals surface area contributed by atoms with E-state index < -0.39 is 40.9 Å². The van der Waals surface area contributed by atoms with Crippen LogP contribution in [0, 0.1) is 34.5 Å². The SMILES string of the molecule is C=C1C[C@@]23C[C@@H]1CCC2[C@]12CC[C@@H](O)[C@@](C)(C(=O)O1)C2C3C(=O)O. The molecule has 1 saturated heterocycles. The number of aliphatic hydroxyl groups is 1. The van der Waals surface area contributed by atoms with Gasteiger partial charge in [-0.1, -0.05) is 12.2 Å². The first kappa shape index (κ1) is 14.9. The van der Waals surface area contributed by atoms with Crippen LogP contribution in [0.4, 0.5) is 0 Å². The molecule has 4 saturated carbocycles. The van der Waals surface area contributed by atoms with Gasteiger partial charge in [0.2, 0.25) is 0 Å².